The van der Waals surface area contributed by atoms with E-state index in [0.717, 1.165) is 12.1 Å². The molecule has 0 saturated heterocycles. The number of anilines is 1. The highest BCUT2D eigenvalue weighted by Crippen LogP contribution is 2.28. The van der Waals surface area contributed by atoms with E-state index in [9.17, 15) is 12.8 Å². The molecule has 6 nitrogen and oxygen atoms in total. The van der Waals surface area contributed by atoms with Crippen molar-refractivity contribution in [3.63, 3.8) is 0 Å². The van der Waals surface area contributed by atoms with E-state index in [1.54, 1.807) is 13.8 Å². The number of ether oxygens (including phenoxy) is 2. The molecular weight excluding hydrogens is 323 g/mol. The largest absolute Gasteiger partial charge is 0.495 e. The fraction of sp³-hybridized carbons (Fsp3) is 0.267. The molecule has 0 aliphatic heterocycles. The molecule has 23 heavy (non-hydrogen) atoms. The van der Waals surface area contributed by atoms with Crippen molar-refractivity contribution < 1.29 is 22.3 Å². The van der Waals surface area contributed by atoms with Gasteiger partial charge in [0.15, 0.2) is 0 Å². The normalized spacial score (nSPS) is 11.3. The van der Waals surface area contributed by atoms with Gasteiger partial charge in [0.2, 0.25) is 0 Å². The molecule has 0 fully saturated rings. The Bertz CT molecular complexity index is 794. The van der Waals surface area contributed by atoms with Crippen LogP contribution in [0.4, 0.5) is 10.1 Å². The summed E-state index contributed by atoms with van der Waals surface area (Å²) in [5.41, 5.74) is 0.198. The van der Waals surface area contributed by atoms with Crippen molar-refractivity contribution in [2.24, 2.45) is 0 Å². The summed E-state index contributed by atoms with van der Waals surface area (Å²) < 4.78 is 51.3. The fourth-order valence-corrected chi connectivity index (χ4v) is 3.02. The van der Waals surface area contributed by atoms with E-state index in [1.165, 1.54) is 31.6 Å². The zero-order valence-electron chi connectivity index (χ0n) is 12.9. The number of hydrogen-bond donors (Lipinski definition) is 1. The number of methoxy groups -OCH3 is 1. The summed E-state index contributed by atoms with van der Waals surface area (Å²) in [7, 11) is -2.61. The second-order valence-corrected chi connectivity index (χ2v) is 6.63. The molecular formula is C15H17FN2O4S. The van der Waals surface area contributed by atoms with Crippen LogP contribution >= 0.6 is 0 Å². The first-order valence-electron chi connectivity index (χ1n) is 6.80. The summed E-state index contributed by atoms with van der Waals surface area (Å²) >= 11 is 0. The Balaban J connectivity index is 2.40. The molecule has 1 aromatic carbocycles. The van der Waals surface area contributed by atoms with Gasteiger partial charge in [0.1, 0.15) is 22.2 Å². The summed E-state index contributed by atoms with van der Waals surface area (Å²) in [5.74, 6) is -0.210. The lowest BCUT2D eigenvalue weighted by molar-refractivity contribution is 0.235. The van der Waals surface area contributed by atoms with Gasteiger partial charge in [0, 0.05) is 6.07 Å². The average Bonchev–Trinajstić information content (AvgIpc) is 2.48. The molecule has 0 spiro atoms. The number of sulfonamides is 1. The first-order valence-corrected chi connectivity index (χ1v) is 8.28. The second kappa shape index (κ2) is 6.82. The molecule has 124 valence electrons. The summed E-state index contributed by atoms with van der Waals surface area (Å²) in [6.45, 7) is 3.50. The third kappa shape index (κ3) is 4.32. The highest BCUT2D eigenvalue weighted by molar-refractivity contribution is 7.92. The van der Waals surface area contributed by atoms with Crippen LogP contribution in [0.3, 0.4) is 0 Å². The number of aromatic nitrogens is 1. The highest BCUT2D eigenvalue weighted by Gasteiger charge is 2.22. The smallest absolute Gasteiger partial charge is 0.265 e. The van der Waals surface area contributed by atoms with Gasteiger partial charge in [-0.2, -0.15) is 0 Å². The number of rotatable bonds is 6. The van der Waals surface area contributed by atoms with E-state index in [1.807, 2.05) is 0 Å². The van der Waals surface area contributed by atoms with Crippen molar-refractivity contribution in [2.75, 3.05) is 11.8 Å². The Labute approximate surface area is 134 Å². The van der Waals surface area contributed by atoms with Crippen LogP contribution in [0.1, 0.15) is 13.8 Å². The van der Waals surface area contributed by atoms with E-state index in [-0.39, 0.29) is 22.4 Å². The first-order chi connectivity index (χ1) is 10.8. The minimum absolute atomic E-state index is 0.0738. The molecule has 1 aromatic heterocycles. The standard InChI is InChI=1S/C15H17FN2O4S/c1-10(2)22-14-5-4-11(16)6-15(14)23(19,20)18-12-7-13(21-3)9-17-8-12/h4-10,18H,1-3H3. The van der Waals surface area contributed by atoms with Gasteiger partial charge in [-0.1, -0.05) is 0 Å². The SMILES string of the molecule is COc1cncc(NS(=O)(=O)c2cc(F)ccc2OC(C)C)c1. The maximum Gasteiger partial charge on any atom is 0.265 e. The van der Waals surface area contributed by atoms with E-state index in [0.29, 0.717) is 5.75 Å². The molecule has 2 aromatic rings. The van der Waals surface area contributed by atoms with Gasteiger partial charge in [0.25, 0.3) is 10.0 Å². The average molecular weight is 340 g/mol. The van der Waals surface area contributed by atoms with E-state index < -0.39 is 15.8 Å². The highest BCUT2D eigenvalue weighted by atomic mass is 32.2. The maximum atomic E-state index is 13.5. The zero-order chi connectivity index (χ0) is 17.0. The number of nitrogens with one attached hydrogen (secondary N) is 1. The number of halogens is 1. The number of benzene rings is 1. The van der Waals surface area contributed by atoms with E-state index in [2.05, 4.69) is 9.71 Å². The van der Waals surface area contributed by atoms with Crippen molar-refractivity contribution in [3.05, 3.63) is 42.5 Å². The molecule has 1 heterocycles. The van der Waals surface area contributed by atoms with Crippen molar-refractivity contribution in [3.8, 4) is 11.5 Å². The molecule has 1 N–H and O–H groups in total. The molecule has 0 bridgehead atoms. The van der Waals surface area contributed by atoms with Crippen LogP contribution in [0.25, 0.3) is 0 Å². The van der Waals surface area contributed by atoms with Crippen LogP contribution in [-0.2, 0) is 10.0 Å². The lowest BCUT2D eigenvalue weighted by Gasteiger charge is -2.15. The maximum absolute atomic E-state index is 13.5. The summed E-state index contributed by atoms with van der Waals surface area (Å²) in [6.07, 6.45) is 2.50. The number of hydrogen-bond acceptors (Lipinski definition) is 5. The van der Waals surface area contributed by atoms with Crippen LogP contribution in [0.2, 0.25) is 0 Å². The predicted molar refractivity (Wildman–Crippen MR) is 83.8 cm³/mol. The molecule has 0 radical (unpaired) electrons. The molecule has 0 aliphatic rings. The third-order valence-electron chi connectivity index (χ3n) is 2.76. The van der Waals surface area contributed by atoms with Gasteiger partial charge in [-0.15, -0.1) is 0 Å². The van der Waals surface area contributed by atoms with Crippen LogP contribution in [-0.4, -0.2) is 26.6 Å². The molecule has 0 saturated carbocycles. The van der Waals surface area contributed by atoms with E-state index in [4.69, 9.17) is 9.47 Å². The second-order valence-electron chi connectivity index (χ2n) is 4.98. The lowest BCUT2D eigenvalue weighted by Crippen LogP contribution is -2.16. The van der Waals surface area contributed by atoms with Crippen LogP contribution in [0.5, 0.6) is 11.5 Å². The quantitative estimate of drug-likeness (QED) is 0.875. The summed E-state index contributed by atoms with van der Waals surface area (Å²) in [5, 5.41) is 0. The van der Waals surface area contributed by atoms with E-state index >= 15 is 0 Å². The predicted octanol–water partition coefficient (Wildman–Crippen LogP) is 2.82. The van der Waals surface area contributed by atoms with Crippen LogP contribution in [0.15, 0.2) is 41.6 Å². The fourth-order valence-electron chi connectivity index (χ4n) is 1.84. The molecule has 2 rings (SSSR count). The van der Waals surface area contributed by atoms with Crippen LogP contribution in [0, 0.1) is 5.82 Å². The Morgan fingerprint density at radius 3 is 2.61 bits per heavy atom. The lowest BCUT2D eigenvalue weighted by atomic mass is 10.3. The van der Waals surface area contributed by atoms with Crippen molar-refractivity contribution in [2.45, 2.75) is 24.8 Å². The molecule has 0 aliphatic carbocycles. The third-order valence-corrected chi connectivity index (χ3v) is 4.16. The Kier molecular flexibility index (Phi) is 5.05. The van der Waals surface area contributed by atoms with Gasteiger partial charge in [0.05, 0.1) is 31.3 Å². The van der Waals surface area contributed by atoms with Gasteiger partial charge in [-0.25, -0.2) is 12.8 Å². The zero-order valence-corrected chi connectivity index (χ0v) is 13.7. The van der Waals surface area contributed by atoms with Gasteiger partial charge >= 0.3 is 0 Å². The van der Waals surface area contributed by atoms with Gasteiger partial charge in [-0.3, -0.25) is 9.71 Å². The Morgan fingerprint density at radius 1 is 1.22 bits per heavy atom. The van der Waals surface area contributed by atoms with Gasteiger partial charge < -0.3 is 9.47 Å². The van der Waals surface area contributed by atoms with Crippen LogP contribution < -0.4 is 14.2 Å². The topological polar surface area (TPSA) is 77.5 Å². The molecule has 0 amide bonds. The molecule has 0 atom stereocenters. The monoisotopic (exact) mass is 340 g/mol. The van der Waals surface area contributed by atoms with Crippen molar-refractivity contribution >= 4 is 15.7 Å². The Morgan fingerprint density at radius 2 is 1.96 bits per heavy atom. The Hall–Kier alpha value is -2.35. The van der Waals surface area contributed by atoms with Crippen molar-refractivity contribution in [1.29, 1.82) is 0 Å². The minimum atomic E-state index is -4.05. The van der Waals surface area contributed by atoms with Crippen molar-refractivity contribution in [1.82, 2.24) is 4.98 Å². The van der Waals surface area contributed by atoms with Gasteiger partial charge in [-0.05, 0) is 32.0 Å². The molecule has 8 heteroatoms. The minimum Gasteiger partial charge on any atom is -0.495 e. The number of nitrogens with zero attached hydrogens (tertiary/aromatic N) is 1. The number of pyridine rings is 1. The summed E-state index contributed by atoms with van der Waals surface area (Å²) in [6, 6.07) is 4.80. The summed E-state index contributed by atoms with van der Waals surface area (Å²) in [4.78, 5) is 3.58. The molecule has 0 unspecified atom stereocenters. The first kappa shape index (κ1) is 17.0.